The maximum Gasteiger partial charge on any atom is 0.405 e. The van der Waals surface area contributed by atoms with E-state index in [4.69, 9.17) is 24.4 Å². The first kappa shape index (κ1) is 27.7. The third kappa shape index (κ3) is 7.37. The number of hydrogen-bond donors (Lipinski definition) is 2. The Morgan fingerprint density at radius 2 is 1.90 bits per heavy atom. The van der Waals surface area contributed by atoms with Crippen molar-refractivity contribution in [1.82, 2.24) is 10.3 Å². The zero-order chi connectivity index (χ0) is 27.9. The van der Waals surface area contributed by atoms with Gasteiger partial charge in [0, 0.05) is 5.56 Å². The molecule has 1 atom stereocenters. The van der Waals surface area contributed by atoms with Gasteiger partial charge in [-0.15, -0.1) is 0 Å². The lowest BCUT2D eigenvalue weighted by Gasteiger charge is -2.13. The number of amides is 2. The zero-order valence-corrected chi connectivity index (χ0v) is 21.4. The number of carbonyl (C=O) groups is 2. The Bertz CT molecular complexity index is 1310. The second kappa shape index (κ2) is 12.5. The van der Waals surface area contributed by atoms with Crippen LogP contribution in [0.3, 0.4) is 0 Å². The molecule has 1 aliphatic rings. The topological polar surface area (TPSA) is 135 Å². The molecule has 208 valence electrons. The fourth-order valence-corrected chi connectivity index (χ4v) is 3.79. The van der Waals surface area contributed by atoms with Gasteiger partial charge < -0.3 is 34.4 Å². The number of carbonyl (C=O) groups excluding carboxylic acids is 2. The number of benzene rings is 2. The summed E-state index contributed by atoms with van der Waals surface area (Å²) < 4.78 is 52.7. The largest absolute Gasteiger partial charge is 0.493 e. The van der Waals surface area contributed by atoms with Crippen molar-refractivity contribution < 1.29 is 41.7 Å². The zero-order valence-electron chi connectivity index (χ0n) is 21.4. The van der Waals surface area contributed by atoms with Gasteiger partial charge in [-0.25, -0.2) is 9.78 Å². The highest BCUT2D eigenvalue weighted by atomic mass is 19.3. The molecule has 2 aromatic carbocycles. The van der Waals surface area contributed by atoms with Gasteiger partial charge in [-0.05, 0) is 62.9 Å². The number of para-hydroxylation sites is 1. The molecule has 0 bridgehead atoms. The normalized spacial score (nSPS) is 13.6. The van der Waals surface area contributed by atoms with E-state index in [-0.39, 0.29) is 35.4 Å². The molecule has 1 saturated carbocycles. The maximum atomic E-state index is 12.9. The molecule has 39 heavy (non-hydrogen) atoms. The van der Waals surface area contributed by atoms with Gasteiger partial charge >= 0.3 is 12.7 Å². The van der Waals surface area contributed by atoms with Crippen LogP contribution in [0.1, 0.15) is 54.6 Å². The van der Waals surface area contributed by atoms with Crippen LogP contribution < -0.4 is 25.3 Å². The molecule has 0 saturated heterocycles. The molecule has 1 unspecified atom stereocenters. The predicted octanol–water partition coefficient (Wildman–Crippen LogP) is 5.22. The van der Waals surface area contributed by atoms with Gasteiger partial charge in [0.1, 0.15) is 11.4 Å². The molecule has 12 heteroatoms. The highest BCUT2D eigenvalue weighted by Gasteiger charge is 2.26. The lowest BCUT2D eigenvalue weighted by Crippen LogP contribution is -2.25. The van der Waals surface area contributed by atoms with Gasteiger partial charge in [-0.3, -0.25) is 4.79 Å². The minimum absolute atomic E-state index is 0.0811. The lowest BCUT2D eigenvalue weighted by molar-refractivity contribution is -0.0515. The van der Waals surface area contributed by atoms with E-state index in [1.807, 2.05) is 6.92 Å². The van der Waals surface area contributed by atoms with Gasteiger partial charge in [0.2, 0.25) is 5.89 Å². The Morgan fingerprint density at radius 3 is 2.59 bits per heavy atom. The first-order valence-corrected chi connectivity index (χ1v) is 12.4. The first-order chi connectivity index (χ1) is 18.7. The number of nitrogens with two attached hydrogens (primary N) is 1. The predicted molar refractivity (Wildman–Crippen MR) is 135 cm³/mol. The van der Waals surface area contributed by atoms with Crippen LogP contribution in [0.15, 0.2) is 46.9 Å². The fraction of sp³-hybridized carbons (Fsp3) is 0.370. The Labute approximate surface area is 223 Å². The van der Waals surface area contributed by atoms with E-state index >= 15 is 0 Å². The van der Waals surface area contributed by atoms with Crippen LogP contribution in [-0.2, 0) is 11.3 Å². The lowest BCUT2D eigenvalue weighted by atomic mass is 10.2. The van der Waals surface area contributed by atoms with Crippen molar-refractivity contribution in [3.05, 3.63) is 59.5 Å². The third-order valence-corrected chi connectivity index (χ3v) is 5.82. The van der Waals surface area contributed by atoms with Crippen LogP contribution in [0, 0.1) is 5.92 Å². The van der Waals surface area contributed by atoms with Crippen molar-refractivity contribution in [3.63, 3.8) is 0 Å². The van der Waals surface area contributed by atoms with E-state index < -0.39 is 24.7 Å². The molecule has 1 aliphatic carbocycles. The summed E-state index contributed by atoms with van der Waals surface area (Å²) in [6, 6.07) is 11.1. The SMILES string of the molecule is CCOc1ccccc1C(=O)NCc1nc(-c2ccc(OC(F)F)c(OCC3CC3)c2)oc1C(C)OC(N)=O. The second-order valence-corrected chi connectivity index (χ2v) is 8.82. The van der Waals surface area contributed by atoms with Crippen LogP contribution in [0.25, 0.3) is 11.5 Å². The van der Waals surface area contributed by atoms with Gasteiger partial charge in [-0.1, -0.05) is 12.1 Å². The molecule has 1 aromatic heterocycles. The average molecular weight is 546 g/mol. The number of rotatable bonds is 13. The smallest absolute Gasteiger partial charge is 0.405 e. The number of aromatic nitrogens is 1. The number of ether oxygens (including phenoxy) is 4. The van der Waals surface area contributed by atoms with E-state index in [0.717, 1.165) is 12.8 Å². The van der Waals surface area contributed by atoms with Gasteiger partial charge in [0.15, 0.2) is 23.4 Å². The summed E-state index contributed by atoms with van der Waals surface area (Å²) in [6.07, 6.45) is 0.0644. The van der Waals surface area contributed by atoms with Crippen LogP contribution in [0.5, 0.6) is 17.2 Å². The van der Waals surface area contributed by atoms with Crippen molar-refractivity contribution in [1.29, 1.82) is 0 Å². The Balaban J connectivity index is 1.61. The quantitative estimate of drug-likeness (QED) is 0.299. The number of primary amides is 1. The van der Waals surface area contributed by atoms with E-state index in [0.29, 0.717) is 36.0 Å². The van der Waals surface area contributed by atoms with E-state index in [9.17, 15) is 18.4 Å². The molecule has 0 aliphatic heterocycles. The monoisotopic (exact) mass is 545 g/mol. The molecular formula is C27H29F2N3O7. The summed E-state index contributed by atoms with van der Waals surface area (Å²) in [5.74, 6) is 0.613. The van der Waals surface area contributed by atoms with E-state index in [1.165, 1.54) is 25.1 Å². The molecule has 1 heterocycles. The second-order valence-electron chi connectivity index (χ2n) is 8.82. The van der Waals surface area contributed by atoms with Crippen LogP contribution in [0.2, 0.25) is 0 Å². The summed E-state index contributed by atoms with van der Waals surface area (Å²) in [5, 5.41) is 2.77. The molecule has 2 amide bonds. The van der Waals surface area contributed by atoms with Crippen LogP contribution in [-0.4, -0.2) is 36.8 Å². The van der Waals surface area contributed by atoms with E-state index in [1.54, 1.807) is 24.3 Å². The van der Waals surface area contributed by atoms with Crippen molar-refractivity contribution >= 4 is 12.0 Å². The van der Waals surface area contributed by atoms with Crippen LogP contribution in [0.4, 0.5) is 13.6 Å². The highest BCUT2D eigenvalue weighted by Crippen LogP contribution is 2.37. The van der Waals surface area contributed by atoms with Crippen molar-refractivity contribution in [3.8, 4) is 28.7 Å². The van der Waals surface area contributed by atoms with Crippen molar-refractivity contribution in [2.45, 2.75) is 45.9 Å². The molecule has 4 rings (SSSR count). The average Bonchev–Trinajstić information content (AvgIpc) is 3.63. The van der Waals surface area contributed by atoms with Gasteiger partial charge in [0.05, 0.1) is 25.3 Å². The summed E-state index contributed by atoms with van der Waals surface area (Å²) in [5.41, 5.74) is 6.18. The number of hydrogen-bond acceptors (Lipinski definition) is 8. The highest BCUT2D eigenvalue weighted by molar-refractivity contribution is 5.96. The minimum Gasteiger partial charge on any atom is -0.493 e. The standard InChI is InChI=1S/C27H29F2N3O7/c1-3-35-20-7-5-4-6-18(20)24(33)31-13-19-23(15(2)37-27(30)34)39-25(32-19)17-10-11-21(38-26(28)29)22(12-17)36-14-16-8-9-16/h4-7,10-12,15-16,26H,3,8-9,13-14H2,1-2H3,(H2,30,34)(H,31,33). The van der Waals surface area contributed by atoms with Crippen LogP contribution >= 0.6 is 0 Å². The number of alkyl halides is 2. The van der Waals surface area contributed by atoms with Crippen molar-refractivity contribution in [2.75, 3.05) is 13.2 Å². The maximum absolute atomic E-state index is 12.9. The van der Waals surface area contributed by atoms with Gasteiger partial charge in [0.25, 0.3) is 5.91 Å². The van der Waals surface area contributed by atoms with Crippen molar-refractivity contribution in [2.24, 2.45) is 11.7 Å². The molecule has 0 radical (unpaired) electrons. The summed E-state index contributed by atoms with van der Waals surface area (Å²) in [6.45, 7) is 0.992. The molecular weight excluding hydrogens is 516 g/mol. The first-order valence-electron chi connectivity index (χ1n) is 12.4. The third-order valence-electron chi connectivity index (χ3n) is 5.82. The molecule has 1 fully saturated rings. The summed E-state index contributed by atoms with van der Waals surface area (Å²) in [7, 11) is 0. The molecule has 3 aromatic rings. The summed E-state index contributed by atoms with van der Waals surface area (Å²) in [4.78, 5) is 28.8. The Kier molecular flexibility index (Phi) is 8.84. The van der Waals surface area contributed by atoms with Gasteiger partial charge in [-0.2, -0.15) is 8.78 Å². The molecule has 0 spiro atoms. The number of nitrogens with one attached hydrogen (secondary N) is 1. The minimum atomic E-state index is -3.03. The Hall–Kier alpha value is -4.35. The van der Waals surface area contributed by atoms with E-state index in [2.05, 4.69) is 15.0 Å². The molecule has 10 nitrogen and oxygen atoms in total. The number of halogens is 2. The summed E-state index contributed by atoms with van der Waals surface area (Å²) >= 11 is 0. The Morgan fingerprint density at radius 1 is 1.13 bits per heavy atom. The fourth-order valence-electron chi connectivity index (χ4n) is 3.79. The number of oxazole rings is 1. The molecule has 3 N–H and O–H groups in total. The number of nitrogens with zero attached hydrogens (tertiary/aromatic N) is 1.